The molecule has 2 aromatic carbocycles. The van der Waals surface area contributed by atoms with Crippen molar-refractivity contribution in [1.29, 1.82) is 0 Å². The smallest absolute Gasteiger partial charge is 0.303 e. The Morgan fingerprint density at radius 1 is 1.09 bits per heavy atom. The maximum Gasteiger partial charge on any atom is 0.303 e. The van der Waals surface area contributed by atoms with Crippen LogP contribution in [0.1, 0.15) is 41.9 Å². The summed E-state index contributed by atoms with van der Waals surface area (Å²) in [4.78, 5) is 10.8. The zero-order chi connectivity index (χ0) is 22.7. The molecular formula is C24H29NO6S. The first-order valence-electron chi connectivity index (χ1n) is 11.0. The van der Waals surface area contributed by atoms with E-state index < -0.39 is 22.1 Å². The molecule has 0 spiro atoms. The zero-order valence-electron chi connectivity index (χ0n) is 17.8. The van der Waals surface area contributed by atoms with Gasteiger partial charge in [0.1, 0.15) is 11.9 Å². The van der Waals surface area contributed by atoms with E-state index in [0.717, 1.165) is 22.4 Å². The number of aliphatic carboxylic acids is 1. The summed E-state index contributed by atoms with van der Waals surface area (Å²) in [6.07, 6.45) is 1.27. The fourth-order valence-corrected chi connectivity index (χ4v) is 5.97. The molecule has 172 valence electrons. The van der Waals surface area contributed by atoms with Gasteiger partial charge >= 0.3 is 5.97 Å². The Balaban J connectivity index is 1.41. The average molecular weight is 460 g/mol. The molecule has 0 bridgehead atoms. The molecule has 8 heteroatoms. The van der Waals surface area contributed by atoms with Crippen LogP contribution in [0.3, 0.4) is 0 Å². The van der Waals surface area contributed by atoms with E-state index in [-0.39, 0.29) is 36.7 Å². The summed E-state index contributed by atoms with van der Waals surface area (Å²) in [6, 6.07) is 15.3. The number of para-hydroxylation sites is 1. The van der Waals surface area contributed by atoms with Gasteiger partial charge in [-0.25, -0.2) is 13.1 Å². The quantitative estimate of drug-likeness (QED) is 0.503. The lowest BCUT2D eigenvalue weighted by Crippen LogP contribution is -2.36. The molecule has 3 N–H and O–H groups in total. The largest absolute Gasteiger partial charge is 0.489 e. The van der Waals surface area contributed by atoms with Crippen molar-refractivity contribution in [2.75, 3.05) is 12.3 Å². The third kappa shape index (κ3) is 5.14. The monoisotopic (exact) mass is 459 g/mol. The molecule has 0 amide bonds. The Hall–Kier alpha value is -2.42. The lowest BCUT2D eigenvalue weighted by molar-refractivity contribution is -0.137. The predicted octanol–water partition coefficient (Wildman–Crippen LogP) is 2.48. The second kappa shape index (κ2) is 9.60. The van der Waals surface area contributed by atoms with Crippen LogP contribution in [0.5, 0.6) is 5.75 Å². The summed E-state index contributed by atoms with van der Waals surface area (Å²) in [7, 11) is -3.48. The molecule has 32 heavy (non-hydrogen) atoms. The Morgan fingerprint density at radius 3 is 2.62 bits per heavy atom. The average Bonchev–Trinajstić information content (AvgIpc) is 3.27. The summed E-state index contributed by atoms with van der Waals surface area (Å²) >= 11 is 0. The van der Waals surface area contributed by atoms with Crippen LogP contribution in [-0.2, 0) is 27.7 Å². The van der Waals surface area contributed by atoms with E-state index >= 15 is 0 Å². The number of hydrogen-bond acceptors (Lipinski definition) is 5. The molecule has 4 rings (SSSR count). The van der Waals surface area contributed by atoms with Crippen molar-refractivity contribution in [1.82, 2.24) is 4.72 Å². The number of carboxylic acid groups (broad SMARTS) is 1. The molecule has 2 aromatic rings. The van der Waals surface area contributed by atoms with Gasteiger partial charge in [-0.15, -0.1) is 0 Å². The van der Waals surface area contributed by atoms with E-state index in [0.29, 0.717) is 25.7 Å². The van der Waals surface area contributed by atoms with Crippen molar-refractivity contribution in [3.8, 4) is 5.75 Å². The second-order valence-electron chi connectivity index (χ2n) is 8.63. The van der Waals surface area contributed by atoms with Gasteiger partial charge in [0.25, 0.3) is 0 Å². The number of rotatable bonds is 10. The Labute approximate surface area is 188 Å². The summed E-state index contributed by atoms with van der Waals surface area (Å²) in [5.74, 6) is -0.414. The lowest BCUT2D eigenvalue weighted by Gasteiger charge is -2.21. The minimum absolute atomic E-state index is 0.00522. The van der Waals surface area contributed by atoms with Crippen molar-refractivity contribution in [2.45, 2.75) is 50.2 Å². The van der Waals surface area contributed by atoms with Crippen LogP contribution >= 0.6 is 0 Å². The van der Waals surface area contributed by atoms with Gasteiger partial charge < -0.3 is 14.9 Å². The van der Waals surface area contributed by atoms with Crippen molar-refractivity contribution in [2.24, 2.45) is 5.92 Å². The highest BCUT2D eigenvalue weighted by molar-refractivity contribution is 7.89. The van der Waals surface area contributed by atoms with E-state index in [1.807, 2.05) is 48.5 Å². The zero-order valence-corrected chi connectivity index (χ0v) is 18.6. The number of ether oxygens (including phenoxy) is 1. The fourth-order valence-electron chi connectivity index (χ4n) is 4.87. The van der Waals surface area contributed by atoms with Gasteiger partial charge in [-0.3, -0.25) is 4.79 Å². The Kier molecular flexibility index (Phi) is 6.83. The number of aliphatic hydroxyl groups is 1. The molecule has 4 atom stereocenters. The Morgan fingerprint density at radius 2 is 1.88 bits per heavy atom. The van der Waals surface area contributed by atoms with Crippen molar-refractivity contribution < 1.29 is 28.2 Å². The summed E-state index contributed by atoms with van der Waals surface area (Å²) < 4.78 is 34.0. The van der Waals surface area contributed by atoms with Gasteiger partial charge in [0, 0.05) is 36.8 Å². The van der Waals surface area contributed by atoms with Crippen LogP contribution in [0.15, 0.2) is 48.5 Å². The third-order valence-corrected chi connectivity index (χ3v) is 7.81. The van der Waals surface area contributed by atoms with E-state index in [9.17, 15) is 18.3 Å². The number of nitrogens with one attached hydrogen (secondary N) is 1. The second-order valence-corrected chi connectivity index (χ2v) is 10.6. The van der Waals surface area contributed by atoms with Crippen molar-refractivity contribution in [3.63, 3.8) is 0 Å². The van der Waals surface area contributed by atoms with Crippen LogP contribution < -0.4 is 9.46 Å². The molecule has 0 saturated heterocycles. The number of aryl methyl sites for hydroxylation is 2. The maximum atomic E-state index is 12.6. The van der Waals surface area contributed by atoms with E-state index in [1.54, 1.807) is 0 Å². The highest BCUT2D eigenvalue weighted by Crippen LogP contribution is 2.51. The Bertz CT molecular complexity index is 1060. The molecule has 1 aliphatic carbocycles. The minimum atomic E-state index is -3.48. The highest BCUT2D eigenvalue weighted by atomic mass is 32.2. The van der Waals surface area contributed by atoms with Crippen molar-refractivity contribution >= 4 is 16.0 Å². The van der Waals surface area contributed by atoms with Gasteiger partial charge in [0.15, 0.2) is 0 Å². The van der Waals surface area contributed by atoms with E-state index in [2.05, 4.69) is 4.72 Å². The molecule has 1 aliphatic heterocycles. The van der Waals surface area contributed by atoms with Gasteiger partial charge in [0.05, 0.1) is 11.9 Å². The van der Waals surface area contributed by atoms with Gasteiger partial charge in [0.2, 0.25) is 10.0 Å². The van der Waals surface area contributed by atoms with Crippen LogP contribution in [0.4, 0.5) is 0 Å². The number of fused-ring (bicyclic) bond motifs is 3. The summed E-state index contributed by atoms with van der Waals surface area (Å²) in [5.41, 5.74) is 2.91. The number of aliphatic hydroxyl groups excluding tert-OH is 1. The molecule has 7 nitrogen and oxygen atoms in total. The fraction of sp³-hybridized carbons (Fsp3) is 0.458. The number of carbonyl (C=O) groups is 1. The minimum Gasteiger partial charge on any atom is -0.489 e. The highest BCUT2D eigenvalue weighted by Gasteiger charge is 2.49. The first kappa shape index (κ1) is 22.8. The van der Waals surface area contributed by atoms with Crippen LogP contribution in [0, 0.1) is 5.92 Å². The number of sulfonamides is 1. The third-order valence-electron chi connectivity index (χ3n) is 6.46. The summed E-state index contributed by atoms with van der Waals surface area (Å²) in [5, 5.41) is 19.5. The molecular weight excluding hydrogens is 430 g/mol. The van der Waals surface area contributed by atoms with Crippen LogP contribution in [0.25, 0.3) is 0 Å². The molecule has 2 aliphatic rings. The first-order valence-corrected chi connectivity index (χ1v) is 12.7. The molecule has 0 radical (unpaired) electrons. The normalized spacial score (nSPS) is 24.0. The molecule has 1 saturated carbocycles. The van der Waals surface area contributed by atoms with Crippen LogP contribution in [-0.4, -0.2) is 49.1 Å². The van der Waals surface area contributed by atoms with Gasteiger partial charge in [-0.1, -0.05) is 48.5 Å². The molecule has 1 fully saturated rings. The molecule has 0 aromatic heterocycles. The number of hydrogen-bond donors (Lipinski definition) is 3. The SMILES string of the molecule is O=C(O)CCCc1cccc2c1OC1CC(O)C(CNS(=O)(=O)CCc3ccccc3)C21. The number of carboxylic acids is 1. The van der Waals surface area contributed by atoms with Gasteiger partial charge in [-0.05, 0) is 30.4 Å². The first-order chi connectivity index (χ1) is 15.3. The predicted molar refractivity (Wildman–Crippen MR) is 120 cm³/mol. The number of benzene rings is 2. The summed E-state index contributed by atoms with van der Waals surface area (Å²) in [6.45, 7) is 0.158. The standard InChI is InChI=1S/C24H29NO6S/c26-20-14-21-23(18-10-4-8-17(24(18)31-21)9-5-11-22(27)28)19(20)15-25-32(29,30)13-12-16-6-2-1-3-7-16/h1-4,6-8,10,19-21,23,25-26H,5,9,11-15H2,(H,27,28). The maximum absolute atomic E-state index is 12.6. The van der Waals surface area contributed by atoms with E-state index in [1.165, 1.54) is 0 Å². The van der Waals surface area contributed by atoms with Crippen LogP contribution in [0.2, 0.25) is 0 Å². The topological polar surface area (TPSA) is 113 Å². The van der Waals surface area contributed by atoms with Gasteiger partial charge in [-0.2, -0.15) is 0 Å². The van der Waals surface area contributed by atoms with E-state index in [4.69, 9.17) is 9.84 Å². The molecule has 4 unspecified atom stereocenters. The lowest BCUT2D eigenvalue weighted by atomic mass is 9.87. The molecule has 1 heterocycles. The van der Waals surface area contributed by atoms with Crippen molar-refractivity contribution in [3.05, 3.63) is 65.2 Å².